The maximum absolute atomic E-state index is 5.38. The van der Waals surface area contributed by atoms with Gasteiger partial charge in [-0.25, -0.2) is 0 Å². The molecule has 0 saturated heterocycles. The summed E-state index contributed by atoms with van der Waals surface area (Å²) in [4.78, 5) is 0. The van der Waals surface area contributed by atoms with Crippen LogP contribution in [-0.2, 0) is 0 Å². The van der Waals surface area contributed by atoms with Crippen molar-refractivity contribution in [3.8, 4) is 0 Å². The smallest absolute Gasteiger partial charge is 0.158 e. The quantitative estimate of drug-likeness (QED) is 0.318. The van der Waals surface area contributed by atoms with Crippen molar-refractivity contribution in [3.63, 3.8) is 0 Å². The van der Waals surface area contributed by atoms with Gasteiger partial charge in [0.25, 0.3) is 0 Å². The molecule has 0 aliphatic rings. The predicted molar refractivity (Wildman–Crippen MR) is 25.4 cm³/mol. The van der Waals surface area contributed by atoms with Gasteiger partial charge in [0, 0.05) is 1.43 Å². The van der Waals surface area contributed by atoms with Gasteiger partial charge in [0.1, 0.15) is 0 Å². The third kappa shape index (κ3) is 22.2. The Morgan fingerprint density at radius 2 is 1.75 bits per heavy atom. The molecule has 0 unspecified atom stereocenters. The summed E-state index contributed by atoms with van der Waals surface area (Å²) in [5.41, 5.74) is 0. The highest BCUT2D eigenvalue weighted by Crippen LogP contribution is 1.79. The average molecular weight is 95.6 g/mol. The van der Waals surface area contributed by atoms with E-state index in [0.717, 1.165) is 0 Å². The van der Waals surface area contributed by atoms with E-state index in [2.05, 4.69) is 0 Å². The topological polar surface area (TPSA) is 0 Å². The van der Waals surface area contributed by atoms with E-state index in [1.165, 1.54) is 0 Å². The van der Waals surface area contributed by atoms with Gasteiger partial charge in [-0.3, -0.25) is 0 Å². The molecule has 0 atom stereocenters. The zero-order valence-corrected chi connectivity index (χ0v) is 4.63. The second-order valence-corrected chi connectivity index (χ2v) is 4.90. The number of hydrogen-bond donors (Lipinski definition) is 0. The van der Waals surface area contributed by atoms with Crippen LogP contribution >= 0.6 is 11.1 Å². The summed E-state index contributed by atoms with van der Waals surface area (Å²) < 4.78 is 0. The van der Waals surface area contributed by atoms with Gasteiger partial charge >= 0.3 is 0 Å². The van der Waals surface area contributed by atoms with E-state index in [1.807, 2.05) is 13.1 Å². The first-order valence-corrected chi connectivity index (χ1v) is 4.70. The summed E-state index contributed by atoms with van der Waals surface area (Å²) in [5.74, 6) is 0. The van der Waals surface area contributed by atoms with Crippen LogP contribution in [-0.4, -0.2) is 8.11 Å². The molecule has 0 aliphatic heterocycles. The zero-order valence-electron chi connectivity index (χ0n) is 2.88. The lowest BCUT2D eigenvalue weighted by molar-refractivity contribution is 2.10. The Morgan fingerprint density at radius 3 is 1.75 bits per heavy atom. The summed E-state index contributed by atoms with van der Waals surface area (Å²) in [6, 6.07) is 0. The fourth-order valence-corrected chi connectivity index (χ4v) is 0. The molecule has 0 amide bonds. The number of halogens is 1. The zero-order chi connectivity index (χ0) is 3.58. The van der Waals surface area contributed by atoms with Crippen LogP contribution in [0.1, 0.15) is 1.43 Å². The van der Waals surface area contributed by atoms with Crippen LogP contribution in [0.3, 0.4) is 0 Å². The van der Waals surface area contributed by atoms with Crippen LogP contribution < -0.4 is 0 Å². The normalized spacial score (nSPS) is 9.00. The Labute approximate surface area is 34.6 Å². The Hall–Kier alpha value is 0.507. The summed E-state index contributed by atoms with van der Waals surface area (Å²) in [6.45, 7) is 4.07. The summed E-state index contributed by atoms with van der Waals surface area (Å²) >= 11 is 5.38. The lowest BCUT2D eigenvalue weighted by Crippen LogP contribution is -1.78. The minimum absolute atomic E-state index is 0. The first-order valence-electron chi connectivity index (χ1n) is 1.19. The van der Waals surface area contributed by atoms with Crippen molar-refractivity contribution in [1.82, 2.24) is 0 Å². The molecule has 0 nitrogen and oxygen atoms in total. The van der Waals surface area contributed by atoms with Gasteiger partial charge in [0.05, 0.1) is 0 Å². The van der Waals surface area contributed by atoms with Gasteiger partial charge in [0.2, 0.25) is 0 Å². The van der Waals surface area contributed by atoms with E-state index in [0.29, 0.717) is 0 Å². The highest BCUT2D eigenvalue weighted by Gasteiger charge is 1.77. The van der Waals surface area contributed by atoms with E-state index >= 15 is 0 Å². The maximum Gasteiger partial charge on any atom is 0.158 e. The minimum Gasteiger partial charge on any atom is -0.170 e. The molecule has 0 aliphatic carbocycles. The van der Waals surface area contributed by atoms with Gasteiger partial charge in [-0.05, 0) is 0 Å². The standard InChI is InChI=1S/C2H6ClSi.H2/c1-4(2)3;/h1-2H3;1H. The molecule has 0 aromatic rings. The molecule has 0 heterocycles. The highest BCUT2D eigenvalue weighted by atomic mass is 35.6. The third-order valence-corrected chi connectivity index (χ3v) is 0. The van der Waals surface area contributed by atoms with Crippen LogP contribution in [0, 0.1) is 0 Å². The van der Waals surface area contributed by atoms with E-state index in [-0.39, 0.29) is 1.43 Å². The van der Waals surface area contributed by atoms with Crippen LogP contribution in [0.5, 0.6) is 0 Å². The van der Waals surface area contributed by atoms with E-state index in [1.54, 1.807) is 0 Å². The molecule has 0 aromatic heterocycles. The lowest BCUT2D eigenvalue weighted by Gasteiger charge is -1.70. The highest BCUT2D eigenvalue weighted by molar-refractivity contribution is 7.05. The monoisotopic (exact) mass is 95.0 g/mol. The Bertz CT molecular complexity index is 14.4. The molecule has 0 aromatic carbocycles. The third-order valence-electron chi connectivity index (χ3n) is 0. The Kier molecular flexibility index (Phi) is 2.02. The summed E-state index contributed by atoms with van der Waals surface area (Å²) in [5, 5.41) is 0. The maximum atomic E-state index is 5.38. The molecular formula is C2H8ClSi. The van der Waals surface area contributed by atoms with Crippen LogP contribution in [0.15, 0.2) is 0 Å². The van der Waals surface area contributed by atoms with Gasteiger partial charge in [0.15, 0.2) is 8.11 Å². The van der Waals surface area contributed by atoms with Gasteiger partial charge in [-0.2, -0.15) is 11.1 Å². The van der Waals surface area contributed by atoms with Gasteiger partial charge in [-0.1, -0.05) is 13.1 Å². The molecule has 0 fully saturated rings. The molecule has 0 spiro atoms. The largest absolute Gasteiger partial charge is 0.170 e. The Balaban J connectivity index is 0. The SMILES string of the molecule is C[Si](C)Cl.[HH]. The molecule has 0 bridgehead atoms. The molecule has 2 heteroatoms. The number of rotatable bonds is 0. The molecule has 4 heavy (non-hydrogen) atoms. The lowest BCUT2D eigenvalue weighted by atomic mass is 11.9. The molecule has 0 N–H and O–H groups in total. The first-order chi connectivity index (χ1) is 1.73. The molecule has 0 saturated carbocycles. The molecule has 27 valence electrons. The molecular weight excluding hydrogens is 87.6 g/mol. The molecule has 1 radical (unpaired) electrons. The van der Waals surface area contributed by atoms with Crippen molar-refractivity contribution < 1.29 is 1.43 Å². The van der Waals surface area contributed by atoms with Crippen molar-refractivity contribution in [2.24, 2.45) is 0 Å². The first kappa shape index (κ1) is 4.51. The second-order valence-electron chi connectivity index (χ2n) is 0.878. The van der Waals surface area contributed by atoms with E-state index < -0.39 is 8.11 Å². The van der Waals surface area contributed by atoms with Crippen molar-refractivity contribution >= 4 is 19.2 Å². The van der Waals surface area contributed by atoms with Crippen molar-refractivity contribution in [2.75, 3.05) is 0 Å². The van der Waals surface area contributed by atoms with Crippen LogP contribution in [0.25, 0.3) is 0 Å². The summed E-state index contributed by atoms with van der Waals surface area (Å²) in [7, 11) is -0.407. The fourth-order valence-electron chi connectivity index (χ4n) is 0. The van der Waals surface area contributed by atoms with Gasteiger partial charge in [-0.15, -0.1) is 0 Å². The number of hydrogen-bond acceptors (Lipinski definition) is 0. The second kappa shape index (κ2) is 1.79. The van der Waals surface area contributed by atoms with Crippen molar-refractivity contribution in [2.45, 2.75) is 13.1 Å². The van der Waals surface area contributed by atoms with Crippen LogP contribution in [0.4, 0.5) is 0 Å². The van der Waals surface area contributed by atoms with Gasteiger partial charge < -0.3 is 0 Å². The van der Waals surface area contributed by atoms with E-state index in [4.69, 9.17) is 11.1 Å². The fraction of sp³-hybridized carbons (Fsp3) is 1.00. The van der Waals surface area contributed by atoms with E-state index in [9.17, 15) is 0 Å². The molecule has 0 rings (SSSR count). The average Bonchev–Trinajstić information content (AvgIpc) is 0.811. The minimum atomic E-state index is -0.407. The van der Waals surface area contributed by atoms with Crippen molar-refractivity contribution in [1.29, 1.82) is 0 Å². The van der Waals surface area contributed by atoms with Crippen LogP contribution in [0.2, 0.25) is 13.1 Å². The van der Waals surface area contributed by atoms with Crippen molar-refractivity contribution in [3.05, 3.63) is 0 Å². The Morgan fingerprint density at radius 1 is 1.75 bits per heavy atom. The summed E-state index contributed by atoms with van der Waals surface area (Å²) in [6.07, 6.45) is 0. The predicted octanol–water partition coefficient (Wildman–Crippen LogP) is 1.72.